The zero-order valence-corrected chi connectivity index (χ0v) is 10.5. The molecule has 1 aromatic rings. The Balaban J connectivity index is 2.24. The molecule has 0 atom stereocenters. The lowest BCUT2D eigenvalue weighted by molar-refractivity contribution is 0.556. The molecule has 1 rings (SSSR count). The van der Waals surface area contributed by atoms with Crippen LogP contribution in [0, 0.1) is 12.7 Å². The number of halogens is 1. The maximum atomic E-state index is 13.2. The zero-order valence-electron chi connectivity index (χ0n) is 10.5. The average Bonchev–Trinajstić information content (AvgIpc) is 2.22. The zero-order chi connectivity index (χ0) is 12.0. The molecule has 0 saturated heterocycles. The molecule has 0 unspecified atom stereocenters. The standard InChI is InChI=1S/C14H22FN/c1-11(2)16-9-5-4-6-13-8-7-12(3)14(15)10-13/h7-8,10-11,16H,4-6,9H2,1-3H3. The molecule has 2 heteroatoms. The number of benzene rings is 1. The van der Waals surface area contributed by atoms with E-state index in [1.807, 2.05) is 12.1 Å². The first-order chi connectivity index (χ1) is 7.59. The number of rotatable bonds is 6. The van der Waals surface area contributed by atoms with Crippen molar-refractivity contribution in [3.05, 3.63) is 35.1 Å². The van der Waals surface area contributed by atoms with Crippen molar-refractivity contribution < 1.29 is 4.39 Å². The summed E-state index contributed by atoms with van der Waals surface area (Å²) in [7, 11) is 0. The van der Waals surface area contributed by atoms with E-state index in [0.29, 0.717) is 6.04 Å². The number of aryl methyl sites for hydroxylation is 2. The Morgan fingerprint density at radius 2 is 2.00 bits per heavy atom. The molecule has 1 aromatic carbocycles. The molecule has 0 aliphatic heterocycles. The van der Waals surface area contributed by atoms with Gasteiger partial charge < -0.3 is 5.32 Å². The Hall–Kier alpha value is -0.890. The Bertz CT molecular complexity index is 321. The van der Waals surface area contributed by atoms with Gasteiger partial charge in [-0.25, -0.2) is 4.39 Å². The molecule has 0 saturated carbocycles. The van der Waals surface area contributed by atoms with E-state index in [-0.39, 0.29) is 5.82 Å². The Morgan fingerprint density at radius 3 is 2.62 bits per heavy atom. The first-order valence-corrected chi connectivity index (χ1v) is 6.08. The predicted molar refractivity (Wildman–Crippen MR) is 67.2 cm³/mol. The van der Waals surface area contributed by atoms with Crippen molar-refractivity contribution >= 4 is 0 Å². The summed E-state index contributed by atoms with van der Waals surface area (Å²) in [6, 6.07) is 6.09. The normalized spacial score (nSPS) is 11.1. The van der Waals surface area contributed by atoms with Crippen molar-refractivity contribution in [3.63, 3.8) is 0 Å². The quantitative estimate of drug-likeness (QED) is 0.728. The number of hydrogen-bond donors (Lipinski definition) is 1. The van der Waals surface area contributed by atoms with Crippen molar-refractivity contribution in [2.75, 3.05) is 6.54 Å². The number of nitrogens with one attached hydrogen (secondary N) is 1. The second kappa shape index (κ2) is 6.64. The summed E-state index contributed by atoms with van der Waals surface area (Å²) in [5.41, 5.74) is 1.83. The summed E-state index contributed by atoms with van der Waals surface area (Å²) >= 11 is 0. The fraction of sp³-hybridized carbons (Fsp3) is 0.571. The van der Waals surface area contributed by atoms with Crippen LogP contribution in [-0.4, -0.2) is 12.6 Å². The van der Waals surface area contributed by atoms with Crippen LogP contribution in [0.1, 0.15) is 37.8 Å². The van der Waals surface area contributed by atoms with Crippen molar-refractivity contribution in [1.82, 2.24) is 5.32 Å². The highest BCUT2D eigenvalue weighted by Gasteiger charge is 1.99. The van der Waals surface area contributed by atoms with Gasteiger partial charge in [-0.3, -0.25) is 0 Å². The molecule has 0 aromatic heterocycles. The van der Waals surface area contributed by atoms with E-state index < -0.39 is 0 Å². The molecular formula is C14H22FN. The number of hydrogen-bond acceptors (Lipinski definition) is 1. The summed E-state index contributed by atoms with van der Waals surface area (Å²) in [4.78, 5) is 0. The molecule has 1 nitrogen and oxygen atoms in total. The molecule has 16 heavy (non-hydrogen) atoms. The first kappa shape index (κ1) is 13.2. The molecular weight excluding hydrogens is 201 g/mol. The molecule has 0 radical (unpaired) electrons. The molecule has 1 N–H and O–H groups in total. The maximum absolute atomic E-state index is 13.2. The molecule has 90 valence electrons. The maximum Gasteiger partial charge on any atom is 0.126 e. The monoisotopic (exact) mass is 223 g/mol. The molecule has 0 spiro atoms. The second-order valence-corrected chi connectivity index (χ2v) is 4.65. The molecule has 0 heterocycles. The van der Waals surface area contributed by atoms with Crippen LogP contribution < -0.4 is 5.32 Å². The van der Waals surface area contributed by atoms with E-state index in [9.17, 15) is 4.39 Å². The van der Waals surface area contributed by atoms with Crippen molar-refractivity contribution in [2.45, 2.75) is 46.1 Å². The Morgan fingerprint density at radius 1 is 1.25 bits per heavy atom. The van der Waals surface area contributed by atoms with E-state index in [1.54, 1.807) is 13.0 Å². The third-order valence-electron chi connectivity index (χ3n) is 2.68. The number of unbranched alkanes of at least 4 members (excludes halogenated alkanes) is 1. The van der Waals surface area contributed by atoms with Crippen LogP contribution in [-0.2, 0) is 6.42 Å². The third-order valence-corrected chi connectivity index (χ3v) is 2.68. The summed E-state index contributed by atoms with van der Waals surface area (Å²) in [6.45, 7) is 7.14. The van der Waals surface area contributed by atoms with Crippen molar-refractivity contribution in [3.8, 4) is 0 Å². The van der Waals surface area contributed by atoms with Crippen LogP contribution in [0.2, 0.25) is 0 Å². The molecule has 0 amide bonds. The third kappa shape index (κ3) is 4.75. The smallest absolute Gasteiger partial charge is 0.126 e. The van der Waals surface area contributed by atoms with Gasteiger partial charge >= 0.3 is 0 Å². The van der Waals surface area contributed by atoms with Gasteiger partial charge in [0.15, 0.2) is 0 Å². The van der Waals surface area contributed by atoms with Gasteiger partial charge in [0.1, 0.15) is 5.82 Å². The van der Waals surface area contributed by atoms with E-state index >= 15 is 0 Å². The van der Waals surface area contributed by atoms with Crippen molar-refractivity contribution in [2.24, 2.45) is 0 Å². The van der Waals surface area contributed by atoms with E-state index in [4.69, 9.17) is 0 Å². The van der Waals surface area contributed by atoms with Crippen molar-refractivity contribution in [1.29, 1.82) is 0 Å². The van der Waals surface area contributed by atoms with Crippen LogP contribution in [0.4, 0.5) is 4.39 Å². The second-order valence-electron chi connectivity index (χ2n) is 4.65. The van der Waals surface area contributed by atoms with Crippen LogP contribution >= 0.6 is 0 Å². The van der Waals surface area contributed by atoms with Crippen LogP contribution in [0.25, 0.3) is 0 Å². The summed E-state index contributed by atoms with van der Waals surface area (Å²) in [5, 5.41) is 3.38. The minimum atomic E-state index is -0.0854. The molecule has 0 aliphatic rings. The molecule has 0 fully saturated rings. The average molecular weight is 223 g/mol. The van der Waals surface area contributed by atoms with E-state index in [0.717, 1.165) is 36.9 Å². The van der Waals surface area contributed by atoms with Gasteiger partial charge in [-0.2, -0.15) is 0 Å². The van der Waals surface area contributed by atoms with Crippen LogP contribution in [0.3, 0.4) is 0 Å². The first-order valence-electron chi connectivity index (χ1n) is 6.08. The van der Waals surface area contributed by atoms with Gasteiger partial charge in [-0.05, 0) is 49.9 Å². The Labute approximate surface area is 98.1 Å². The summed E-state index contributed by atoms with van der Waals surface area (Å²) in [6.07, 6.45) is 3.23. The fourth-order valence-corrected chi connectivity index (χ4v) is 1.64. The highest BCUT2D eigenvalue weighted by Crippen LogP contribution is 2.11. The van der Waals surface area contributed by atoms with Crippen LogP contribution in [0.15, 0.2) is 18.2 Å². The van der Waals surface area contributed by atoms with Gasteiger partial charge in [0.05, 0.1) is 0 Å². The lowest BCUT2D eigenvalue weighted by Gasteiger charge is -2.07. The fourth-order valence-electron chi connectivity index (χ4n) is 1.64. The summed E-state index contributed by atoms with van der Waals surface area (Å²) < 4.78 is 13.2. The van der Waals surface area contributed by atoms with Gasteiger partial charge in [0, 0.05) is 6.04 Å². The lowest BCUT2D eigenvalue weighted by atomic mass is 10.1. The lowest BCUT2D eigenvalue weighted by Crippen LogP contribution is -2.23. The summed E-state index contributed by atoms with van der Waals surface area (Å²) in [5.74, 6) is -0.0854. The molecule has 0 bridgehead atoms. The van der Waals surface area contributed by atoms with Gasteiger partial charge in [0.25, 0.3) is 0 Å². The van der Waals surface area contributed by atoms with Gasteiger partial charge in [-0.1, -0.05) is 26.0 Å². The van der Waals surface area contributed by atoms with Gasteiger partial charge in [0.2, 0.25) is 0 Å². The predicted octanol–water partition coefficient (Wildman–Crippen LogP) is 3.45. The van der Waals surface area contributed by atoms with Crippen LogP contribution in [0.5, 0.6) is 0 Å². The Kier molecular flexibility index (Phi) is 5.47. The largest absolute Gasteiger partial charge is 0.315 e. The van der Waals surface area contributed by atoms with E-state index in [1.165, 1.54) is 0 Å². The highest BCUT2D eigenvalue weighted by molar-refractivity contribution is 5.23. The minimum absolute atomic E-state index is 0.0854. The highest BCUT2D eigenvalue weighted by atomic mass is 19.1. The minimum Gasteiger partial charge on any atom is -0.315 e. The van der Waals surface area contributed by atoms with E-state index in [2.05, 4.69) is 19.2 Å². The molecule has 0 aliphatic carbocycles. The van der Waals surface area contributed by atoms with Gasteiger partial charge in [-0.15, -0.1) is 0 Å². The topological polar surface area (TPSA) is 12.0 Å². The SMILES string of the molecule is Cc1ccc(CCCCNC(C)C)cc1F.